The molecule has 0 radical (unpaired) electrons. The molecule has 0 aromatic heterocycles. The smallest absolute Gasteiger partial charge is 0.338 e. The lowest BCUT2D eigenvalue weighted by Crippen LogP contribution is -2.28. The average molecular weight is 370 g/mol. The molecule has 2 amide bonds. The zero-order valence-electron chi connectivity index (χ0n) is 14.6. The third-order valence-corrected chi connectivity index (χ3v) is 4.26. The Labute approximate surface area is 155 Å². The highest BCUT2D eigenvalue weighted by molar-refractivity contribution is 5.96. The fourth-order valence-electron chi connectivity index (χ4n) is 2.80. The average Bonchev–Trinajstić information content (AvgIpc) is 3.11. The number of anilines is 1. The summed E-state index contributed by atoms with van der Waals surface area (Å²) in [6, 6.07) is 12.6. The van der Waals surface area contributed by atoms with E-state index in [2.05, 4.69) is 5.32 Å². The lowest BCUT2D eigenvalue weighted by molar-refractivity contribution is -0.124. The number of esters is 1. The molecule has 140 valence electrons. The summed E-state index contributed by atoms with van der Waals surface area (Å²) in [6.07, 6.45) is 1.36. The van der Waals surface area contributed by atoms with E-state index < -0.39 is 24.3 Å². The largest absolute Gasteiger partial charge is 0.452 e. The number of hydrogen-bond donors (Lipinski definition) is 1. The molecule has 1 saturated heterocycles. The predicted molar refractivity (Wildman–Crippen MR) is 96.6 cm³/mol. The molecule has 0 unspecified atom stereocenters. The first-order valence-electron chi connectivity index (χ1n) is 8.62. The van der Waals surface area contributed by atoms with Gasteiger partial charge in [0.15, 0.2) is 6.61 Å². The third kappa shape index (κ3) is 4.69. The molecule has 1 fully saturated rings. The lowest BCUT2D eigenvalue weighted by Gasteiger charge is -2.15. The van der Waals surface area contributed by atoms with Gasteiger partial charge in [-0.25, -0.2) is 9.18 Å². The van der Waals surface area contributed by atoms with E-state index in [0.29, 0.717) is 18.5 Å². The maximum Gasteiger partial charge on any atom is 0.338 e. The van der Waals surface area contributed by atoms with E-state index in [1.165, 1.54) is 6.07 Å². The third-order valence-electron chi connectivity index (χ3n) is 4.26. The van der Waals surface area contributed by atoms with E-state index in [1.54, 1.807) is 47.4 Å². The van der Waals surface area contributed by atoms with E-state index in [0.717, 1.165) is 12.1 Å². The number of hydrogen-bond acceptors (Lipinski definition) is 4. The van der Waals surface area contributed by atoms with Crippen LogP contribution in [-0.2, 0) is 20.9 Å². The number of amides is 2. The van der Waals surface area contributed by atoms with Gasteiger partial charge in [0.25, 0.3) is 5.91 Å². The minimum atomic E-state index is -0.643. The van der Waals surface area contributed by atoms with Crippen molar-refractivity contribution in [2.75, 3.05) is 18.1 Å². The molecule has 0 atom stereocenters. The van der Waals surface area contributed by atoms with Crippen molar-refractivity contribution in [2.45, 2.75) is 19.4 Å². The fraction of sp³-hybridized carbons (Fsp3) is 0.250. The van der Waals surface area contributed by atoms with E-state index in [4.69, 9.17) is 4.74 Å². The number of nitrogens with one attached hydrogen (secondary N) is 1. The number of nitrogens with zero attached hydrogens (tertiary/aromatic N) is 1. The standard InChI is InChI=1S/C20H19FN2O4/c21-17-5-2-1-4-15(17)12-22-18(24)13-27-20(26)14-7-9-16(10-8-14)23-11-3-6-19(23)25/h1-2,4-5,7-10H,3,6,11-13H2,(H,22,24). The molecule has 0 spiro atoms. The summed E-state index contributed by atoms with van der Waals surface area (Å²) < 4.78 is 18.5. The van der Waals surface area contributed by atoms with Gasteiger partial charge in [-0.15, -0.1) is 0 Å². The van der Waals surface area contributed by atoms with Crippen molar-refractivity contribution in [3.8, 4) is 0 Å². The molecular formula is C20H19FN2O4. The molecule has 7 heteroatoms. The van der Waals surface area contributed by atoms with Crippen molar-refractivity contribution in [3.05, 3.63) is 65.5 Å². The quantitative estimate of drug-likeness (QED) is 0.793. The monoisotopic (exact) mass is 370 g/mol. The molecular weight excluding hydrogens is 351 g/mol. The molecule has 2 aromatic rings. The van der Waals surface area contributed by atoms with Crippen molar-refractivity contribution < 1.29 is 23.5 Å². The van der Waals surface area contributed by atoms with Crippen LogP contribution in [0.25, 0.3) is 0 Å². The van der Waals surface area contributed by atoms with Crippen molar-refractivity contribution >= 4 is 23.5 Å². The fourth-order valence-corrected chi connectivity index (χ4v) is 2.80. The second-order valence-electron chi connectivity index (χ2n) is 6.14. The van der Waals surface area contributed by atoms with Crippen LogP contribution in [0.4, 0.5) is 10.1 Å². The minimum Gasteiger partial charge on any atom is -0.452 e. The van der Waals surface area contributed by atoms with Crippen LogP contribution in [0.5, 0.6) is 0 Å². The summed E-state index contributed by atoms with van der Waals surface area (Å²) in [6.45, 7) is 0.228. The van der Waals surface area contributed by atoms with Crippen LogP contribution in [0, 0.1) is 5.82 Å². The molecule has 1 heterocycles. The van der Waals surface area contributed by atoms with Gasteiger partial charge in [0.1, 0.15) is 5.82 Å². The molecule has 0 bridgehead atoms. The van der Waals surface area contributed by atoms with E-state index in [1.807, 2.05) is 0 Å². The molecule has 1 aliphatic rings. The molecule has 3 rings (SSSR count). The second kappa shape index (κ2) is 8.44. The predicted octanol–water partition coefficient (Wildman–Crippen LogP) is 2.43. The van der Waals surface area contributed by atoms with Crippen molar-refractivity contribution in [3.63, 3.8) is 0 Å². The van der Waals surface area contributed by atoms with Gasteiger partial charge in [-0.2, -0.15) is 0 Å². The number of rotatable bonds is 6. The molecule has 1 aliphatic heterocycles. The van der Waals surface area contributed by atoms with Crippen LogP contribution >= 0.6 is 0 Å². The number of carbonyl (C=O) groups excluding carboxylic acids is 3. The Bertz CT molecular complexity index is 851. The van der Waals surface area contributed by atoms with Crippen LogP contribution in [-0.4, -0.2) is 30.9 Å². The topological polar surface area (TPSA) is 75.7 Å². The zero-order chi connectivity index (χ0) is 19.2. The van der Waals surface area contributed by atoms with Gasteiger partial charge in [0.2, 0.25) is 5.91 Å². The van der Waals surface area contributed by atoms with Gasteiger partial charge < -0.3 is 15.0 Å². The van der Waals surface area contributed by atoms with Gasteiger partial charge in [-0.3, -0.25) is 9.59 Å². The van der Waals surface area contributed by atoms with Gasteiger partial charge in [-0.05, 0) is 36.8 Å². The first-order chi connectivity index (χ1) is 13.0. The Balaban J connectivity index is 1.48. The van der Waals surface area contributed by atoms with Gasteiger partial charge in [-0.1, -0.05) is 18.2 Å². The molecule has 27 heavy (non-hydrogen) atoms. The Morgan fingerprint density at radius 1 is 1.11 bits per heavy atom. The number of benzene rings is 2. The molecule has 0 saturated carbocycles. The van der Waals surface area contributed by atoms with E-state index in [-0.39, 0.29) is 18.0 Å². The van der Waals surface area contributed by atoms with E-state index >= 15 is 0 Å². The van der Waals surface area contributed by atoms with Gasteiger partial charge in [0, 0.05) is 30.8 Å². The second-order valence-corrected chi connectivity index (χ2v) is 6.14. The summed E-state index contributed by atoms with van der Waals surface area (Å²) in [7, 11) is 0. The van der Waals surface area contributed by atoms with Crippen molar-refractivity contribution in [1.82, 2.24) is 5.32 Å². The first-order valence-corrected chi connectivity index (χ1v) is 8.62. The maximum absolute atomic E-state index is 13.5. The van der Waals surface area contributed by atoms with Crippen LogP contribution in [0.1, 0.15) is 28.8 Å². The van der Waals surface area contributed by atoms with Gasteiger partial charge >= 0.3 is 5.97 Å². The Morgan fingerprint density at radius 2 is 1.85 bits per heavy atom. The highest BCUT2D eigenvalue weighted by atomic mass is 19.1. The summed E-state index contributed by atoms with van der Waals surface area (Å²) in [5, 5.41) is 2.50. The van der Waals surface area contributed by atoms with Crippen LogP contribution in [0.2, 0.25) is 0 Å². The number of carbonyl (C=O) groups is 3. The molecule has 1 N–H and O–H groups in total. The maximum atomic E-state index is 13.5. The highest BCUT2D eigenvalue weighted by Gasteiger charge is 2.21. The first kappa shape index (κ1) is 18.6. The summed E-state index contributed by atoms with van der Waals surface area (Å²) >= 11 is 0. The summed E-state index contributed by atoms with van der Waals surface area (Å²) in [4.78, 5) is 37.2. The number of ether oxygens (including phenoxy) is 1. The van der Waals surface area contributed by atoms with Crippen LogP contribution < -0.4 is 10.2 Å². The SMILES string of the molecule is O=C(COC(=O)c1ccc(N2CCCC2=O)cc1)NCc1ccccc1F. The zero-order valence-corrected chi connectivity index (χ0v) is 14.6. The summed E-state index contributed by atoms with van der Waals surface area (Å²) in [5.74, 6) is -1.51. The van der Waals surface area contributed by atoms with Crippen LogP contribution in [0.15, 0.2) is 48.5 Å². The van der Waals surface area contributed by atoms with Gasteiger partial charge in [0.05, 0.1) is 5.56 Å². The van der Waals surface area contributed by atoms with Crippen molar-refractivity contribution in [1.29, 1.82) is 0 Å². The Kier molecular flexibility index (Phi) is 5.80. The van der Waals surface area contributed by atoms with Crippen LogP contribution in [0.3, 0.4) is 0 Å². The van der Waals surface area contributed by atoms with E-state index in [9.17, 15) is 18.8 Å². The van der Waals surface area contributed by atoms with Crippen molar-refractivity contribution in [2.24, 2.45) is 0 Å². The minimum absolute atomic E-state index is 0.0155. The molecule has 6 nitrogen and oxygen atoms in total. The number of halogens is 1. The molecule has 0 aliphatic carbocycles. The lowest BCUT2D eigenvalue weighted by atomic mass is 10.2. The molecule has 2 aromatic carbocycles. The summed E-state index contributed by atoms with van der Waals surface area (Å²) in [5.41, 5.74) is 1.37. The Morgan fingerprint density at radius 3 is 2.52 bits per heavy atom. The highest BCUT2D eigenvalue weighted by Crippen LogP contribution is 2.21. The normalized spacial score (nSPS) is 13.5. The Hall–Kier alpha value is -3.22.